The van der Waals surface area contributed by atoms with Crippen molar-refractivity contribution in [1.29, 1.82) is 0 Å². The van der Waals surface area contributed by atoms with E-state index >= 15 is 0 Å². The molecule has 13 heteroatoms. The highest BCUT2D eigenvalue weighted by atomic mass is 16.7. The smallest absolute Gasteiger partial charge is 0.355 e. The maximum Gasteiger partial charge on any atom is 0.355 e. The van der Waals surface area contributed by atoms with Crippen LogP contribution in [0.15, 0.2) is 42.5 Å². The minimum Gasteiger partial charge on any atom is -0.493 e. The van der Waals surface area contributed by atoms with Crippen LogP contribution in [0.5, 0.6) is 28.7 Å². The van der Waals surface area contributed by atoms with Crippen LogP contribution in [0.1, 0.15) is 27.7 Å². The molecule has 0 saturated carbocycles. The Hall–Kier alpha value is -5.46. The molecule has 4 aromatic rings. The number of non-ortho nitro benzene ring substituents is 1. The monoisotopic (exact) mass is 602 g/mol. The Morgan fingerprint density at radius 2 is 1.80 bits per heavy atom. The van der Waals surface area contributed by atoms with E-state index in [-0.39, 0.29) is 30.3 Å². The second kappa shape index (κ2) is 10.4. The van der Waals surface area contributed by atoms with Gasteiger partial charge in [-0.1, -0.05) is 12.1 Å². The second-order valence-electron chi connectivity index (χ2n) is 10.6. The lowest BCUT2D eigenvalue weighted by atomic mass is 9.73. The van der Waals surface area contributed by atoms with Crippen molar-refractivity contribution in [3.63, 3.8) is 0 Å². The lowest BCUT2D eigenvalue weighted by Gasteiger charge is -2.34. The van der Waals surface area contributed by atoms with Gasteiger partial charge < -0.3 is 38.1 Å². The van der Waals surface area contributed by atoms with Gasteiger partial charge in [0.2, 0.25) is 12.5 Å². The lowest BCUT2D eigenvalue weighted by molar-refractivity contribution is -0.383. The highest BCUT2D eigenvalue weighted by Gasteiger charge is 2.50. The zero-order valence-corrected chi connectivity index (χ0v) is 23.8. The van der Waals surface area contributed by atoms with E-state index in [9.17, 15) is 19.7 Å². The first-order valence-corrected chi connectivity index (χ1v) is 13.7. The summed E-state index contributed by atoms with van der Waals surface area (Å²) in [6, 6.07) is 11.4. The maximum absolute atomic E-state index is 13.6. The molecule has 0 amide bonds. The van der Waals surface area contributed by atoms with Crippen LogP contribution in [0.2, 0.25) is 0 Å². The molecule has 1 fully saturated rings. The van der Waals surface area contributed by atoms with E-state index in [4.69, 9.17) is 33.2 Å². The number of rotatable bonds is 7. The number of nitrogens with one attached hydrogen (secondary N) is 1. The van der Waals surface area contributed by atoms with E-state index in [1.165, 1.54) is 33.5 Å². The average Bonchev–Trinajstić information content (AvgIpc) is 3.77. The maximum atomic E-state index is 13.6. The van der Waals surface area contributed by atoms with Crippen molar-refractivity contribution < 1.29 is 47.7 Å². The number of cyclic esters (lactones) is 1. The molecule has 1 N–H and O–H groups in total. The first-order valence-electron chi connectivity index (χ1n) is 13.7. The van der Waals surface area contributed by atoms with Crippen molar-refractivity contribution in [3.8, 4) is 39.9 Å². The molecule has 0 bridgehead atoms. The van der Waals surface area contributed by atoms with Gasteiger partial charge in [-0.05, 0) is 41.8 Å². The summed E-state index contributed by atoms with van der Waals surface area (Å²) in [5.74, 6) is -0.0450. The zero-order valence-electron chi connectivity index (χ0n) is 23.8. The van der Waals surface area contributed by atoms with Gasteiger partial charge in [-0.15, -0.1) is 0 Å². The van der Waals surface area contributed by atoms with E-state index < -0.39 is 34.8 Å². The number of para-hydroxylation sites is 1. The Morgan fingerprint density at radius 3 is 2.50 bits per heavy atom. The van der Waals surface area contributed by atoms with Gasteiger partial charge in [0.25, 0.3) is 5.69 Å². The van der Waals surface area contributed by atoms with Gasteiger partial charge in [-0.2, -0.15) is 0 Å². The summed E-state index contributed by atoms with van der Waals surface area (Å²) in [4.78, 5) is 40.4. The van der Waals surface area contributed by atoms with Gasteiger partial charge in [0.1, 0.15) is 17.3 Å². The summed E-state index contributed by atoms with van der Waals surface area (Å²) < 4.78 is 40.0. The summed E-state index contributed by atoms with van der Waals surface area (Å²) in [5.41, 5.74) is 2.71. The van der Waals surface area contributed by atoms with E-state index in [0.29, 0.717) is 62.8 Å². The number of benzene rings is 3. The fourth-order valence-electron chi connectivity index (χ4n) is 6.40. The molecule has 1 saturated heterocycles. The molecule has 3 atom stereocenters. The van der Waals surface area contributed by atoms with Crippen LogP contribution in [-0.4, -0.2) is 56.6 Å². The molecular weight excluding hydrogens is 576 g/mol. The number of aromatic nitrogens is 1. The van der Waals surface area contributed by atoms with Crippen LogP contribution in [0.4, 0.5) is 5.69 Å². The number of carbonyl (C=O) groups excluding carboxylic acids is 2. The molecule has 0 spiro atoms. The number of hydrogen-bond donors (Lipinski definition) is 1. The summed E-state index contributed by atoms with van der Waals surface area (Å²) in [6.07, 6.45) is -0.604. The summed E-state index contributed by atoms with van der Waals surface area (Å²) in [6.45, 7) is 0.0376. The normalized spacial score (nSPS) is 19.6. The van der Waals surface area contributed by atoms with Crippen LogP contribution in [0.25, 0.3) is 22.0 Å². The van der Waals surface area contributed by atoms with Crippen LogP contribution in [0.3, 0.4) is 0 Å². The molecule has 1 aromatic heterocycles. The number of methoxy groups -OCH3 is 3. The Balaban J connectivity index is 1.37. The highest BCUT2D eigenvalue weighted by molar-refractivity contribution is 5.98. The molecule has 13 nitrogen and oxygen atoms in total. The number of ether oxygens (including phenoxy) is 7. The predicted octanol–water partition coefficient (Wildman–Crippen LogP) is 4.74. The number of fused-ring (bicyclic) bond motifs is 4. The summed E-state index contributed by atoms with van der Waals surface area (Å²) in [7, 11) is 4.53. The predicted molar refractivity (Wildman–Crippen MR) is 152 cm³/mol. The van der Waals surface area contributed by atoms with Crippen LogP contribution in [0, 0.1) is 22.0 Å². The van der Waals surface area contributed by atoms with E-state index in [1.54, 1.807) is 30.3 Å². The molecule has 3 heterocycles. The summed E-state index contributed by atoms with van der Waals surface area (Å²) in [5, 5.41) is 12.0. The van der Waals surface area contributed by atoms with E-state index in [1.807, 2.05) is 0 Å². The second-order valence-corrected chi connectivity index (χ2v) is 10.6. The molecule has 3 aliphatic rings. The van der Waals surface area contributed by atoms with Gasteiger partial charge in [-0.25, -0.2) is 4.79 Å². The highest BCUT2D eigenvalue weighted by Crippen LogP contribution is 2.55. The number of esters is 2. The Labute approximate surface area is 249 Å². The average molecular weight is 603 g/mol. The van der Waals surface area contributed by atoms with Crippen molar-refractivity contribution in [3.05, 3.63) is 69.4 Å². The van der Waals surface area contributed by atoms with Crippen molar-refractivity contribution in [2.75, 3.05) is 34.7 Å². The Bertz CT molecular complexity index is 1840. The minimum absolute atomic E-state index is 0.0250. The number of aromatic amines is 1. The van der Waals surface area contributed by atoms with Crippen molar-refractivity contribution >= 4 is 28.5 Å². The van der Waals surface area contributed by atoms with Gasteiger partial charge in [0, 0.05) is 28.5 Å². The van der Waals surface area contributed by atoms with E-state index in [2.05, 4.69) is 4.98 Å². The third-order valence-electron chi connectivity index (χ3n) is 8.40. The number of H-pyrrole nitrogens is 1. The van der Waals surface area contributed by atoms with Gasteiger partial charge >= 0.3 is 11.9 Å². The van der Waals surface area contributed by atoms with Crippen molar-refractivity contribution in [1.82, 2.24) is 4.98 Å². The molecule has 2 aliphatic heterocycles. The SMILES string of the molecule is COc1cc(-c2c3c(cc4c2OCO4)[C@H](OC(=O)c2cc4cccc([N+](=O)[O-])c4[nH]2)[C@H]2COC(=O)[C@@H]2C3)cc(OC)c1OC. The summed E-state index contributed by atoms with van der Waals surface area (Å²) >= 11 is 0. The van der Waals surface area contributed by atoms with Gasteiger partial charge in [-0.3, -0.25) is 14.9 Å². The van der Waals surface area contributed by atoms with E-state index in [0.717, 1.165) is 0 Å². The molecule has 0 unspecified atom stereocenters. The standard InChI is InChI=1S/C31H26N2O11/c1-38-22-8-15(9-23(39-2)28(22)40-3)25-16-10-18-19(12-41-30(18)34)27(17(16)11-24-29(25)43-13-42-24)44-31(35)20-7-14-5-4-6-21(33(36)37)26(14)32-20/h4-9,11,18-19,27,32H,10,12-13H2,1-3H3/t18-,19+,27+/m1/s1. The van der Waals surface area contributed by atoms with Gasteiger partial charge in [0.05, 0.1) is 38.8 Å². The van der Waals surface area contributed by atoms with Gasteiger partial charge in [0.15, 0.2) is 23.0 Å². The Morgan fingerprint density at radius 1 is 1.02 bits per heavy atom. The lowest BCUT2D eigenvalue weighted by Crippen LogP contribution is -2.33. The number of carbonyl (C=O) groups is 2. The third-order valence-corrected chi connectivity index (χ3v) is 8.40. The van der Waals surface area contributed by atoms with Crippen LogP contribution in [-0.2, 0) is 20.7 Å². The fourth-order valence-corrected chi connectivity index (χ4v) is 6.40. The largest absolute Gasteiger partial charge is 0.493 e. The number of nitro benzene ring substituents is 1. The first kappa shape index (κ1) is 27.4. The van der Waals surface area contributed by atoms with Crippen LogP contribution < -0.4 is 23.7 Å². The first-order chi connectivity index (χ1) is 21.3. The number of nitro groups is 1. The quantitative estimate of drug-likeness (QED) is 0.177. The van der Waals surface area contributed by atoms with Crippen molar-refractivity contribution in [2.24, 2.45) is 11.8 Å². The minimum atomic E-state index is -0.903. The van der Waals surface area contributed by atoms with Crippen molar-refractivity contribution in [2.45, 2.75) is 12.5 Å². The number of nitrogens with zero attached hydrogens (tertiary/aromatic N) is 1. The molecule has 7 rings (SSSR count). The molecule has 44 heavy (non-hydrogen) atoms. The Kier molecular flexibility index (Phi) is 6.45. The zero-order chi connectivity index (χ0) is 30.7. The molecule has 3 aromatic carbocycles. The number of hydrogen-bond acceptors (Lipinski definition) is 11. The van der Waals surface area contributed by atoms with Crippen LogP contribution >= 0.6 is 0 Å². The fraction of sp³-hybridized carbons (Fsp3) is 0.290. The third kappa shape index (κ3) is 4.14. The molecule has 226 valence electrons. The molecular formula is C31H26N2O11. The topological polar surface area (TPSA) is 158 Å². The molecule has 0 radical (unpaired) electrons. The molecule has 1 aliphatic carbocycles.